The normalized spacial score (nSPS) is 10.7. The van der Waals surface area contributed by atoms with Gasteiger partial charge in [0.1, 0.15) is 5.75 Å². The zero-order chi connectivity index (χ0) is 18.8. The standard InChI is InChI=1S/C22H19N3O2/c1-24(19-8-7-16-5-3-4-6-17(16)15-19)22(26)21-13-14-25(23-21)18-9-11-20(27-2)12-10-18/h3-15H,1-2H3. The highest BCUT2D eigenvalue weighted by Crippen LogP contribution is 2.22. The van der Waals surface area contributed by atoms with Crippen LogP contribution in [-0.2, 0) is 0 Å². The second kappa shape index (κ2) is 6.96. The van der Waals surface area contributed by atoms with Gasteiger partial charge in [-0.25, -0.2) is 4.68 Å². The molecule has 0 aliphatic carbocycles. The summed E-state index contributed by atoms with van der Waals surface area (Å²) in [6.45, 7) is 0. The fourth-order valence-electron chi connectivity index (χ4n) is 2.99. The first-order valence-electron chi connectivity index (χ1n) is 8.63. The average molecular weight is 357 g/mol. The fourth-order valence-corrected chi connectivity index (χ4v) is 2.99. The number of fused-ring (bicyclic) bond motifs is 1. The Morgan fingerprint density at radius 2 is 1.70 bits per heavy atom. The topological polar surface area (TPSA) is 47.4 Å². The van der Waals surface area contributed by atoms with Gasteiger partial charge >= 0.3 is 0 Å². The Labute approximate surface area is 157 Å². The first-order chi connectivity index (χ1) is 13.2. The van der Waals surface area contributed by atoms with E-state index in [0.717, 1.165) is 27.9 Å². The number of anilines is 1. The lowest BCUT2D eigenvalue weighted by Crippen LogP contribution is -2.26. The molecule has 3 aromatic carbocycles. The smallest absolute Gasteiger partial charge is 0.278 e. The van der Waals surface area contributed by atoms with E-state index in [1.54, 1.807) is 36.0 Å². The molecule has 134 valence electrons. The third kappa shape index (κ3) is 3.27. The maximum Gasteiger partial charge on any atom is 0.278 e. The summed E-state index contributed by atoms with van der Waals surface area (Å²) in [6, 6.07) is 23.3. The number of methoxy groups -OCH3 is 1. The van der Waals surface area contributed by atoms with Crippen molar-refractivity contribution in [1.29, 1.82) is 0 Å². The lowest BCUT2D eigenvalue weighted by molar-refractivity contribution is 0.0988. The van der Waals surface area contributed by atoms with E-state index in [9.17, 15) is 4.79 Å². The number of rotatable bonds is 4. The summed E-state index contributed by atoms with van der Waals surface area (Å²) in [5.74, 6) is 0.621. The summed E-state index contributed by atoms with van der Waals surface area (Å²) in [6.07, 6.45) is 1.78. The van der Waals surface area contributed by atoms with Gasteiger partial charge in [-0.3, -0.25) is 4.79 Å². The largest absolute Gasteiger partial charge is 0.497 e. The predicted molar refractivity (Wildman–Crippen MR) is 107 cm³/mol. The number of carbonyl (C=O) groups excluding carboxylic acids is 1. The molecular weight excluding hydrogens is 338 g/mol. The van der Waals surface area contributed by atoms with E-state index in [-0.39, 0.29) is 5.91 Å². The third-order valence-corrected chi connectivity index (χ3v) is 4.57. The first kappa shape index (κ1) is 16.8. The molecule has 4 rings (SSSR count). The monoisotopic (exact) mass is 357 g/mol. The van der Waals surface area contributed by atoms with Gasteiger partial charge in [0.15, 0.2) is 5.69 Å². The van der Waals surface area contributed by atoms with Gasteiger partial charge in [0.05, 0.1) is 12.8 Å². The van der Waals surface area contributed by atoms with Crippen LogP contribution >= 0.6 is 0 Å². The van der Waals surface area contributed by atoms with Crippen molar-refractivity contribution in [2.24, 2.45) is 0 Å². The molecule has 27 heavy (non-hydrogen) atoms. The Hall–Kier alpha value is -3.60. The van der Waals surface area contributed by atoms with Crippen molar-refractivity contribution in [1.82, 2.24) is 9.78 Å². The molecule has 0 aliphatic rings. The summed E-state index contributed by atoms with van der Waals surface area (Å²) in [5, 5.41) is 6.67. The summed E-state index contributed by atoms with van der Waals surface area (Å²) in [5.41, 5.74) is 2.09. The molecule has 0 spiro atoms. The molecule has 1 amide bonds. The highest BCUT2D eigenvalue weighted by Gasteiger charge is 2.17. The van der Waals surface area contributed by atoms with Crippen LogP contribution < -0.4 is 9.64 Å². The van der Waals surface area contributed by atoms with Gasteiger partial charge in [0.25, 0.3) is 5.91 Å². The van der Waals surface area contributed by atoms with E-state index in [4.69, 9.17) is 4.74 Å². The van der Waals surface area contributed by atoms with Crippen LogP contribution in [0.2, 0.25) is 0 Å². The van der Waals surface area contributed by atoms with Crippen LogP contribution in [0.5, 0.6) is 5.75 Å². The lowest BCUT2D eigenvalue weighted by Gasteiger charge is -2.16. The Kier molecular flexibility index (Phi) is 4.34. The Morgan fingerprint density at radius 3 is 2.44 bits per heavy atom. The molecule has 0 atom stereocenters. The minimum absolute atomic E-state index is 0.155. The van der Waals surface area contributed by atoms with Crippen LogP contribution in [0.4, 0.5) is 5.69 Å². The van der Waals surface area contributed by atoms with E-state index in [1.165, 1.54) is 0 Å². The molecule has 0 saturated carbocycles. The summed E-state index contributed by atoms with van der Waals surface area (Å²) in [4.78, 5) is 14.5. The third-order valence-electron chi connectivity index (χ3n) is 4.57. The number of nitrogens with zero attached hydrogens (tertiary/aromatic N) is 3. The van der Waals surface area contributed by atoms with Gasteiger partial charge in [0, 0.05) is 18.9 Å². The molecule has 1 aromatic heterocycles. The Balaban J connectivity index is 1.58. The highest BCUT2D eigenvalue weighted by molar-refractivity contribution is 6.05. The van der Waals surface area contributed by atoms with Gasteiger partial charge in [-0.05, 0) is 53.2 Å². The summed E-state index contributed by atoms with van der Waals surface area (Å²) < 4.78 is 6.85. The number of amides is 1. The van der Waals surface area contributed by atoms with Crippen LogP contribution in [0.15, 0.2) is 79.0 Å². The molecule has 0 fully saturated rings. The molecule has 4 aromatic rings. The number of benzene rings is 3. The van der Waals surface area contributed by atoms with Crippen molar-refractivity contribution >= 4 is 22.4 Å². The van der Waals surface area contributed by atoms with Crippen LogP contribution in [-0.4, -0.2) is 29.8 Å². The molecule has 0 unspecified atom stereocenters. The average Bonchev–Trinajstić information content (AvgIpc) is 3.22. The van der Waals surface area contributed by atoms with Crippen LogP contribution in [0.1, 0.15) is 10.5 Å². The SMILES string of the molecule is COc1ccc(-n2ccc(C(=O)N(C)c3ccc4ccccc4c3)n2)cc1. The molecule has 0 N–H and O–H groups in total. The number of ether oxygens (including phenoxy) is 1. The zero-order valence-corrected chi connectivity index (χ0v) is 15.2. The van der Waals surface area contributed by atoms with E-state index < -0.39 is 0 Å². The Morgan fingerprint density at radius 1 is 0.963 bits per heavy atom. The summed E-state index contributed by atoms with van der Waals surface area (Å²) in [7, 11) is 3.39. The predicted octanol–water partition coefficient (Wildman–Crippen LogP) is 4.31. The number of hydrogen-bond donors (Lipinski definition) is 0. The maximum absolute atomic E-state index is 12.9. The number of hydrogen-bond acceptors (Lipinski definition) is 3. The molecule has 0 radical (unpaired) electrons. The molecular formula is C22H19N3O2. The van der Waals surface area contributed by atoms with Gasteiger partial charge in [0.2, 0.25) is 0 Å². The fraction of sp³-hybridized carbons (Fsp3) is 0.0909. The van der Waals surface area contributed by atoms with Gasteiger partial charge in [-0.2, -0.15) is 5.10 Å². The second-order valence-electron chi connectivity index (χ2n) is 6.24. The molecule has 0 saturated heterocycles. The van der Waals surface area contributed by atoms with Crippen LogP contribution in [0.25, 0.3) is 16.5 Å². The van der Waals surface area contributed by atoms with E-state index >= 15 is 0 Å². The van der Waals surface area contributed by atoms with Gasteiger partial charge in [-0.1, -0.05) is 30.3 Å². The van der Waals surface area contributed by atoms with Crippen molar-refractivity contribution in [2.45, 2.75) is 0 Å². The quantitative estimate of drug-likeness (QED) is 0.547. The van der Waals surface area contributed by atoms with E-state index in [0.29, 0.717) is 5.69 Å². The first-order valence-corrected chi connectivity index (χ1v) is 8.63. The Bertz CT molecular complexity index is 1100. The minimum atomic E-state index is -0.155. The van der Waals surface area contributed by atoms with E-state index in [2.05, 4.69) is 11.2 Å². The molecule has 0 aliphatic heterocycles. The van der Waals surface area contributed by atoms with Crippen molar-refractivity contribution in [3.8, 4) is 11.4 Å². The van der Waals surface area contributed by atoms with Gasteiger partial charge in [-0.15, -0.1) is 0 Å². The highest BCUT2D eigenvalue weighted by atomic mass is 16.5. The maximum atomic E-state index is 12.9. The molecule has 5 nitrogen and oxygen atoms in total. The van der Waals surface area contributed by atoms with Gasteiger partial charge < -0.3 is 9.64 Å². The van der Waals surface area contributed by atoms with Crippen LogP contribution in [0.3, 0.4) is 0 Å². The van der Waals surface area contributed by atoms with Crippen molar-refractivity contribution in [3.05, 3.63) is 84.7 Å². The number of carbonyl (C=O) groups is 1. The molecule has 1 heterocycles. The van der Waals surface area contributed by atoms with Crippen LogP contribution in [0, 0.1) is 0 Å². The van der Waals surface area contributed by atoms with Crippen molar-refractivity contribution in [3.63, 3.8) is 0 Å². The van der Waals surface area contributed by atoms with E-state index in [1.807, 2.05) is 60.7 Å². The lowest BCUT2D eigenvalue weighted by atomic mass is 10.1. The minimum Gasteiger partial charge on any atom is -0.497 e. The zero-order valence-electron chi connectivity index (χ0n) is 15.2. The summed E-state index contributed by atoms with van der Waals surface area (Å²) >= 11 is 0. The molecule has 5 heteroatoms. The molecule has 0 bridgehead atoms. The van der Waals surface area contributed by atoms with Crippen molar-refractivity contribution < 1.29 is 9.53 Å². The van der Waals surface area contributed by atoms with Crippen molar-refractivity contribution in [2.75, 3.05) is 19.1 Å². The second-order valence-corrected chi connectivity index (χ2v) is 6.24. The number of aromatic nitrogens is 2.